The Morgan fingerprint density at radius 1 is 1.26 bits per heavy atom. The molecule has 0 aliphatic carbocycles. The third-order valence-electron chi connectivity index (χ3n) is 4.77. The fraction of sp³-hybridized carbons (Fsp3) is 0.588. The minimum Gasteiger partial charge on any atom is -0.445 e. The second-order valence-corrected chi connectivity index (χ2v) is 6.40. The molecule has 1 aromatic carbocycles. The highest BCUT2D eigenvalue weighted by Crippen LogP contribution is 2.40. The summed E-state index contributed by atoms with van der Waals surface area (Å²) in [5.74, 6) is -3.15. The van der Waals surface area contributed by atoms with Crippen molar-refractivity contribution in [2.45, 2.75) is 62.8 Å². The van der Waals surface area contributed by atoms with Crippen molar-refractivity contribution in [3.8, 4) is 0 Å². The van der Waals surface area contributed by atoms with E-state index in [1.165, 1.54) is 4.90 Å². The van der Waals surface area contributed by atoms with Gasteiger partial charge in [0.2, 0.25) is 0 Å². The van der Waals surface area contributed by atoms with E-state index in [0.717, 1.165) is 12.0 Å². The lowest BCUT2D eigenvalue weighted by Crippen LogP contribution is -2.49. The van der Waals surface area contributed by atoms with Gasteiger partial charge in [0.15, 0.2) is 0 Å². The molecule has 3 unspecified atom stereocenters. The zero-order valence-corrected chi connectivity index (χ0v) is 12.8. The first-order valence-corrected chi connectivity index (χ1v) is 8.02. The maximum absolute atomic E-state index is 14.0. The molecule has 0 saturated carbocycles. The lowest BCUT2D eigenvalue weighted by atomic mass is 9.95. The molecule has 126 valence electrons. The van der Waals surface area contributed by atoms with Crippen LogP contribution in [-0.4, -0.2) is 40.2 Å². The number of alkyl halides is 2. The average Bonchev–Trinajstić information content (AvgIpc) is 2.58. The Kier molecular flexibility index (Phi) is 4.53. The van der Waals surface area contributed by atoms with Crippen molar-refractivity contribution in [2.24, 2.45) is 0 Å². The molecule has 0 spiro atoms. The first-order chi connectivity index (χ1) is 11.0. The van der Waals surface area contributed by atoms with Crippen LogP contribution >= 0.6 is 0 Å². The summed E-state index contributed by atoms with van der Waals surface area (Å²) in [5.41, 5.74) is 0.853. The molecular formula is C17H21F2NO3. The molecule has 2 aliphatic heterocycles. The monoisotopic (exact) mass is 325 g/mol. The average molecular weight is 325 g/mol. The van der Waals surface area contributed by atoms with Crippen LogP contribution < -0.4 is 0 Å². The molecular weight excluding hydrogens is 304 g/mol. The Bertz CT molecular complexity index is 552. The smallest absolute Gasteiger partial charge is 0.410 e. The predicted octanol–water partition coefficient (Wildman–Crippen LogP) is 3.34. The number of hydrogen-bond donors (Lipinski definition) is 1. The molecule has 2 fully saturated rings. The fourth-order valence-corrected chi connectivity index (χ4v) is 3.57. The van der Waals surface area contributed by atoms with E-state index in [1.54, 1.807) is 0 Å². The summed E-state index contributed by atoms with van der Waals surface area (Å²) in [6, 6.07) is 8.31. The molecule has 2 heterocycles. The highest BCUT2D eigenvalue weighted by Gasteiger charge is 2.50. The van der Waals surface area contributed by atoms with E-state index in [9.17, 15) is 18.7 Å². The van der Waals surface area contributed by atoms with Gasteiger partial charge in [0.1, 0.15) is 12.7 Å². The molecule has 3 rings (SSSR count). The highest BCUT2D eigenvalue weighted by atomic mass is 19.3. The van der Waals surface area contributed by atoms with Crippen molar-refractivity contribution >= 4 is 6.09 Å². The maximum atomic E-state index is 14.0. The summed E-state index contributed by atoms with van der Waals surface area (Å²) < 4.78 is 33.2. The molecule has 3 atom stereocenters. The molecule has 2 bridgehead atoms. The number of halogens is 2. The lowest BCUT2D eigenvalue weighted by Gasteiger charge is -2.39. The topological polar surface area (TPSA) is 49.8 Å². The number of benzene rings is 1. The zero-order chi connectivity index (χ0) is 16.4. The lowest BCUT2D eigenvalue weighted by molar-refractivity contribution is -0.114. The molecule has 0 radical (unpaired) electrons. The largest absolute Gasteiger partial charge is 0.445 e. The van der Waals surface area contributed by atoms with E-state index in [-0.39, 0.29) is 19.1 Å². The van der Waals surface area contributed by atoms with Gasteiger partial charge < -0.3 is 14.7 Å². The van der Waals surface area contributed by atoms with Crippen LogP contribution in [0.2, 0.25) is 0 Å². The molecule has 1 amide bonds. The van der Waals surface area contributed by atoms with E-state index in [2.05, 4.69) is 0 Å². The Labute approximate surface area is 134 Å². The molecule has 1 aromatic rings. The standard InChI is InChI=1S/C17H21F2NO3/c18-17(19)10-14-8-4-7-13(9-15(17)21)20(14)16(22)23-11-12-5-2-1-3-6-12/h1-3,5-6,13-15,21H,4,7-11H2. The van der Waals surface area contributed by atoms with Gasteiger partial charge in [-0.1, -0.05) is 30.3 Å². The van der Waals surface area contributed by atoms with Crippen molar-refractivity contribution in [1.82, 2.24) is 4.90 Å². The minimum absolute atomic E-state index is 0.0933. The number of piperidine rings is 1. The first-order valence-electron chi connectivity index (χ1n) is 8.02. The number of nitrogens with zero attached hydrogens (tertiary/aromatic N) is 1. The number of aliphatic hydroxyl groups excluding tert-OH is 1. The number of rotatable bonds is 2. The number of amides is 1. The summed E-state index contributed by atoms with van der Waals surface area (Å²) >= 11 is 0. The van der Waals surface area contributed by atoms with E-state index in [4.69, 9.17) is 4.74 Å². The van der Waals surface area contributed by atoms with Gasteiger partial charge in [-0.3, -0.25) is 0 Å². The van der Waals surface area contributed by atoms with Gasteiger partial charge in [0.25, 0.3) is 5.92 Å². The van der Waals surface area contributed by atoms with Crippen LogP contribution in [-0.2, 0) is 11.3 Å². The predicted molar refractivity (Wildman–Crippen MR) is 80.1 cm³/mol. The summed E-state index contributed by atoms with van der Waals surface area (Å²) in [4.78, 5) is 13.9. The normalized spacial score (nSPS) is 29.7. The van der Waals surface area contributed by atoms with Crippen LogP contribution in [0.4, 0.5) is 13.6 Å². The number of carbonyl (C=O) groups excluding carboxylic acids is 1. The van der Waals surface area contributed by atoms with Crippen molar-refractivity contribution in [3.63, 3.8) is 0 Å². The van der Waals surface area contributed by atoms with Gasteiger partial charge in [-0.15, -0.1) is 0 Å². The third kappa shape index (κ3) is 3.47. The quantitative estimate of drug-likeness (QED) is 0.907. The van der Waals surface area contributed by atoms with E-state index >= 15 is 0 Å². The molecule has 23 heavy (non-hydrogen) atoms. The molecule has 6 heteroatoms. The van der Waals surface area contributed by atoms with Gasteiger partial charge in [-0.05, 0) is 31.2 Å². The Balaban J connectivity index is 1.71. The van der Waals surface area contributed by atoms with Crippen LogP contribution in [0, 0.1) is 0 Å². The van der Waals surface area contributed by atoms with Gasteiger partial charge in [0, 0.05) is 18.5 Å². The fourth-order valence-electron chi connectivity index (χ4n) is 3.57. The van der Waals surface area contributed by atoms with Crippen molar-refractivity contribution < 1.29 is 23.4 Å². The van der Waals surface area contributed by atoms with Crippen LogP contribution in [0.3, 0.4) is 0 Å². The third-order valence-corrected chi connectivity index (χ3v) is 4.77. The van der Waals surface area contributed by atoms with Crippen LogP contribution in [0.25, 0.3) is 0 Å². The van der Waals surface area contributed by atoms with Crippen molar-refractivity contribution in [1.29, 1.82) is 0 Å². The second kappa shape index (κ2) is 6.43. The molecule has 0 aromatic heterocycles. The van der Waals surface area contributed by atoms with Gasteiger partial charge >= 0.3 is 6.09 Å². The Morgan fingerprint density at radius 2 is 1.96 bits per heavy atom. The minimum atomic E-state index is -3.15. The summed E-state index contributed by atoms with van der Waals surface area (Å²) in [6.45, 7) is 0.120. The SMILES string of the molecule is O=C(OCc1ccccc1)N1C2CCCC1CC(F)(F)C(O)C2. The summed E-state index contributed by atoms with van der Waals surface area (Å²) in [7, 11) is 0. The Hall–Kier alpha value is -1.69. The van der Waals surface area contributed by atoms with Gasteiger partial charge in [-0.2, -0.15) is 0 Å². The molecule has 2 saturated heterocycles. The van der Waals surface area contributed by atoms with Crippen LogP contribution in [0.15, 0.2) is 30.3 Å². The highest BCUT2D eigenvalue weighted by molar-refractivity contribution is 5.69. The van der Waals surface area contributed by atoms with Crippen molar-refractivity contribution in [2.75, 3.05) is 0 Å². The zero-order valence-electron chi connectivity index (χ0n) is 12.8. The number of carbonyl (C=O) groups is 1. The summed E-state index contributed by atoms with van der Waals surface area (Å²) in [6.07, 6.45) is -0.896. The molecule has 4 nitrogen and oxygen atoms in total. The van der Waals surface area contributed by atoms with Gasteiger partial charge in [-0.25, -0.2) is 13.6 Å². The van der Waals surface area contributed by atoms with Crippen molar-refractivity contribution in [3.05, 3.63) is 35.9 Å². The van der Waals surface area contributed by atoms with Crippen LogP contribution in [0.1, 0.15) is 37.7 Å². The van der Waals surface area contributed by atoms with E-state index in [0.29, 0.717) is 12.8 Å². The first kappa shape index (κ1) is 16.2. The number of aliphatic hydroxyl groups is 1. The van der Waals surface area contributed by atoms with E-state index in [1.807, 2.05) is 30.3 Å². The number of hydrogen-bond acceptors (Lipinski definition) is 3. The van der Waals surface area contributed by atoms with E-state index < -0.39 is 30.6 Å². The molecule has 1 N–H and O–H groups in total. The van der Waals surface area contributed by atoms with Crippen LogP contribution in [0.5, 0.6) is 0 Å². The van der Waals surface area contributed by atoms with Gasteiger partial charge in [0.05, 0.1) is 0 Å². The Morgan fingerprint density at radius 3 is 2.70 bits per heavy atom. The number of fused-ring (bicyclic) bond motifs is 2. The summed E-state index contributed by atoms with van der Waals surface area (Å²) in [5, 5.41) is 9.74. The maximum Gasteiger partial charge on any atom is 0.410 e. The second-order valence-electron chi connectivity index (χ2n) is 6.40. The molecule has 2 aliphatic rings. The number of ether oxygens (including phenoxy) is 1.